The summed E-state index contributed by atoms with van der Waals surface area (Å²) < 4.78 is 1.90. The van der Waals surface area contributed by atoms with Crippen LogP contribution in [0.5, 0.6) is 0 Å². The summed E-state index contributed by atoms with van der Waals surface area (Å²) in [5.41, 5.74) is 3.52. The molecule has 136 valence electrons. The van der Waals surface area contributed by atoms with Crippen molar-refractivity contribution in [1.82, 2.24) is 24.7 Å². The summed E-state index contributed by atoms with van der Waals surface area (Å²) in [5, 5.41) is 9.91. The summed E-state index contributed by atoms with van der Waals surface area (Å²) in [6.07, 6.45) is 3.47. The zero-order valence-corrected chi connectivity index (χ0v) is 16.1. The molecule has 0 saturated carbocycles. The number of hydrogen-bond acceptors (Lipinski definition) is 5. The number of benzene rings is 1. The molecule has 6 nitrogen and oxygen atoms in total. The number of Topliss-reactive ketones (excluding diaryl/α,β-unsaturated/α-hetero) is 1. The highest BCUT2D eigenvalue weighted by molar-refractivity contribution is 8.00. The van der Waals surface area contributed by atoms with Gasteiger partial charge in [0.25, 0.3) is 0 Å². The van der Waals surface area contributed by atoms with Crippen LogP contribution in [0.1, 0.15) is 23.0 Å². The van der Waals surface area contributed by atoms with E-state index in [1.165, 1.54) is 11.8 Å². The van der Waals surface area contributed by atoms with Crippen molar-refractivity contribution in [2.24, 2.45) is 7.05 Å². The zero-order valence-electron chi connectivity index (χ0n) is 15.3. The minimum atomic E-state index is -0.285. The van der Waals surface area contributed by atoms with Gasteiger partial charge in [0.05, 0.1) is 5.25 Å². The van der Waals surface area contributed by atoms with Crippen LogP contribution in [0.15, 0.2) is 53.9 Å². The Balaban J connectivity index is 1.61. The smallest absolute Gasteiger partial charge is 0.191 e. The van der Waals surface area contributed by atoms with Crippen molar-refractivity contribution >= 4 is 28.4 Å². The molecule has 0 radical (unpaired) electrons. The van der Waals surface area contributed by atoms with E-state index in [2.05, 4.69) is 20.2 Å². The van der Waals surface area contributed by atoms with Crippen LogP contribution in [0.2, 0.25) is 0 Å². The predicted octanol–water partition coefficient (Wildman–Crippen LogP) is 4.03. The highest BCUT2D eigenvalue weighted by atomic mass is 32.2. The van der Waals surface area contributed by atoms with E-state index in [-0.39, 0.29) is 11.0 Å². The number of hydrogen-bond donors (Lipinski definition) is 1. The number of H-pyrrole nitrogens is 1. The van der Waals surface area contributed by atoms with Crippen molar-refractivity contribution in [2.45, 2.75) is 24.3 Å². The summed E-state index contributed by atoms with van der Waals surface area (Å²) in [7, 11) is 1.90. The van der Waals surface area contributed by atoms with E-state index < -0.39 is 0 Å². The maximum Gasteiger partial charge on any atom is 0.191 e. The molecule has 0 bridgehead atoms. The number of aryl methyl sites for hydroxylation is 1. The van der Waals surface area contributed by atoms with Gasteiger partial charge in [-0.15, -0.1) is 10.2 Å². The fraction of sp³-hybridized carbons (Fsp3) is 0.200. The number of thioether (sulfide) groups is 1. The van der Waals surface area contributed by atoms with Gasteiger partial charge >= 0.3 is 0 Å². The predicted molar refractivity (Wildman–Crippen MR) is 107 cm³/mol. The van der Waals surface area contributed by atoms with Gasteiger partial charge in [-0.25, -0.2) is 0 Å². The summed E-state index contributed by atoms with van der Waals surface area (Å²) >= 11 is 1.41. The maximum atomic E-state index is 13.1. The number of carbonyl (C=O) groups excluding carboxylic acids is 1. The molecule has 0 saturated heterocycles. The van der Waals surface area contributed by atoms with Crippen LogP contribution in [-0.2, 0) is 7.05 Å². The minimum Gasteiger partial charge on any atom is -0.358 e. The second-order valence-corrected chi connectivity index (χ2v) is 7.71. The second kappa shape index (κ2) is 7.00. The Kier molecular flexibility index (Phi) is 4.53. The SMILES string of the molecule is Cc1[nH]c2ccccc2c1C(=O)[C@H](C)Sc1nnc(-c2cccnc2)n1C. The van der Waals surface area contributed by atoms with Crippen LogP contribution in [-0.4, -0.2) is 35.8 Å². The third-order valence-electron chi connectivity index (χ3n) is 4.55. The van der Waals surface area contributed by atoms with Gasteiger partial charge in [-0.05, 0) is 32.0 Å². The van der Waals surface area contributed by atoms with Crippen LogP contribution in [0.4, 0.5) is 0 Å². The lowest BCUT2D eigenvalue weighted by Crippen LogP contribution is -2.15. The molecule has 3 heterocycles. The first-order valence-electron chi connectivity index (χ1n) is 8.64. The average molecular weight is 377 g/mol. The number of fused-ring (bicyclic) bond motifs is 1. The van der Waals surface area contributed by atoms with Crippen molar-refractivity contribution in [3.8, 4) is 11.4 Å². The molecule has 1 atom stereocenters. The van der Waals surface area contributed by atoms with Gasteiger partial charge in [-0.1, -0.05) is 30.0 Å². The van der Waals surface area contributed by atoms with E-state index in [9.17, 15) is 4.79 Å². The van der Waals surface area contributed by atoms with Crippen molar-refractivity contribution in [3.63, 3.8) is 0 Å². The molecule has 3 aromatic heterocycles. The number of ketones is 1. The number of rotatable bonds is 5. The molecule has 0 unspecified atom stereocenters. The highest BCUT2D eigenvalue weighted by Gasteiger charge is 2.24. The Morgan fingerprint density at radius 1 is 1.19 bits per heavy atom. The fourth-order valence-corrected chi connectivity index (χ4v) is 4.05. The molecule has 7 heteroatoms. The number of nitrogens with zero attached hydrogens (tertiary/aromatic N) is 4. The summed E-state index contributed by atoms with van der Waals surface area (Å²) in [4.78, 5) is 20.5. The first kappa shape index (κ1) is 17.5. The number of pyridine rings is 1. The molecule has 0 aliphatic heterocycles. The molecule has 27 heavy (non-hydrogen) atoms. The van der Waals surface area contributed by atoms with Gasteiger partial charge in [-0.2, -0.15) is 0 Å². The number of aromatic nitrogens is 5. The molecule has 0 spiro atoms. The number of carbonyl (C=O) groups is 1. The number of nitrogens with one attached hydrogen (secondary N) is 1. The van der Waals surface area contributed by atoms with Crippen LogP contribution in [0.25, 0.3) is 22.3 Å². The van der Waals surface area contributed by atoms with E-state index >= 15 is 0 Å². The Morgan fingerprint density at radius 3 is 2.78 bits per heavy atom. The van der Waals surface area contributed by atoms with Crippen molar-refractivity contribution in [1.29, 1.82) is 0 Å². The fourth-order valence-electron chi connectivity index (χ4n) is 3.17. The molecular weight excluding hydrogens is 358 g/mol. The van der Waals surface area contributed by atoms with Gasteiger partial charge in [0.1, 0.15) is 0 Å². The van der Waals surface area contributed by atoms with Gasteiger partial charge in [0, 0.05) is 47.2 Å². The molecule has 0 aliphatic rings. The molecule has 0 fully saturated rings. The Labute approximate surface area is 161 Å². The lowest BCUT2D eigenvalue weighted by atomic mass is 10.1. The number of aromatic amines is 1. The van der Waals surface area contributed by atoms with E-state index in [1.54, 1.807) is 12.4 Å². The zero-order chi connectivity index (χ0) is 19.0. The van der Waals surface area contributed by atoms with Crippen LogP contribution < -0.4 is 0 Å². The van der Waals surface area contributed by atoms with Crippen LogP contribution >= 0.6 is 11.8 Å². The second-order valence-electron chi connectivity index (χ2n) is 6.40. The molecule has 4 rings (SSSR count). The quantitative estimate of drug-likeness (QED) is 0.420. The maximum absolute atomic E-state index is 13.1. The van der Waals surface area contributed by atoms with Gasteiger partial charge < -0.3 is 9.55 Å². The Bertz CT molecular complexity index is 1120. The first-order valence-corrected chi connectivity index (χ1v) is 9.52. The van der Waals surface area contributed by atoms with Crippen LogP contribution in [0, 0.1) is 6.92 Å². The number of para-hydroxylation sites is 1. The van der Waals surface area contributed by atoms with E-state index in [1.807, 2.05) is 61.9 Å². The summed E-state index contributed by atoms with van der Waals surface area (Å²) in [6, 6.07) is 11.7. The molecule has 4 aromatic rings. The summed E-state index contributed by atoms with van der Waals surface area (Å²) in [6.45, 7) is 3.85. The monoisotopic (exact) mass is 377 g/mol. The molecule has 1 aromatic carbocycles. The first-order chi connectivity index (χ1) is 13.1. The van der Waals surface area contributed by atoms with Gasteiger partial charge in [0.15, 0.2) is 16.8 Å². The minimum absolute atomic E-state index is 0.0841. The van der Waals surface area contributed by atoms with Gasteiger partial charge in [0.2, 0.25) is 0 Å². The Hall–Kier alpha value is -2.93. The average Bonchev–Trinajstić information content (AvgIpc) is 3.21. The Morgan fingerprint density at radius 2 is 2.00 bits per heavy atom. The highest BCUT2D eigenvalue weighted by Crippen LogP contribution is 2.30. The molecule has 1 N–H and O–H groups in total. The third-order valence-corrected chi connectivity index (χ3v) is 5.68. The molecule has 0 aliphatic carbocycles. The largest absolute Gasteiger partial charge is 0.358 e. The lowest BCUT2D eigenvalue weighted by molar-refractivity contribution is 0.0995. The van der Waals surface area contributed by atoms with E-state index in [0.29, 0.717) is 5.16 Å². The van der Waals surface area contributed by atoms with Crippen molar-refractivity contribution < 1.29 is 4.79 Å². The van der Waals surface area contributed by atoms with E-state index in [0.717, 1.165) is 33.5 Å². The van der Waals surface area contributed by atoms with E-state index in [4.69, 9.17) is 0 Å². The van der Waals surface area contributed by atoms with Crippen molar-refractivity contribution in [2.75, 3.05) is 0 Å². The molecular formula is C20H19N5OS. The van der Waals surface area contributed by atoms with Gasteiger partial charge in [-0.3, -0.25) is 9.78 Å². The van der Waals surface area contributed by atoms with Crippen LogP contribution in [0.3, 0.4) is 0 Å². The van der Waals surface area contributed by atoms with Crippen molar-refractivity contribution in [3.05, 3.63) is 60.0 Å². The standard InChI is InChI=1S/C20H19N5OS/c1-12-17(15-8-4-5-9-16(15)22-12)18(26)13(2)27-20-24-23-19(25(20)3)14-7-6-10-21-11-14/h4-11,13,22H,1-3H3/t13-/m0/s1. The molecule has 0 amide bonds. The normalized spacial score (nSPS) is 12.4. The third kappa shape index (κ3) is 3.14. The topological polar surface area (TPSA) is 76.5 Å². The lowest BCUT2D eigenvalue weighted by Gasteiger charge is -2.10. The summed E-state index contributed by atoms with van der Waals surface area (Å²) in [5.74, 6) is 0.814.